The van der Waals surface area contributed by atoms with Crippen LogP contribution in [0.4, 0.5) is 22.0 Å². The monoisotopic (exact) mass is 566 g/mol. The predicted molar refractivity (Wildman–Crippen MR) is 125 cm³/mol. The smallest absolute Gasteiger partial charge is 0.351 e. The van der Waals surface area contributed by atoms with Crippen molar-refractivity contribution in [2.45, 2.75) is 49.3 Å². The molecule has 3 atom stereocenters. The normalized spacial score (nSPS) is 20.0. The summed E-state index contributed by atoms with van der Waals surface area (Å²) in [6, 6.07) is 5.35. The average molecular weight is 567 g/mol. The molecule has 4 rings (SSSR count). The van der Waals surface area contributed by atoms with Gasteiger partial charge in [-0.05, 0) is 42.3 Å². The van der Waals surface area contributed by atoms with Crippen LogP contribution in [0.3, 0.4) is 0 Å². The standard InChI is InChI=1S/C24H19F5N6O3S/c1-13-19(26)7-20(35(13)39(37,38)21-5-4-18(25)12-31-21)22(36)32-9-16-6-14(2-3-15(16)8-30)17-10-33-23(34-11-17)24(27,28)29/h2-6,10-13,19-20H,7,9H2,1H3,(H,32,36)/t13-,19-,20-/m1/s1. The molecule has 1 saturated heterocycles. The first kappa shape index (κ1) is 28.0. The molecule has 1 amide bonds. The summed E-state index contributed by atoms with van der Waals surface area (Å²) in [5.74, 6) is -2.95. The number of hydrogen-bond donors (Lipinski definition) is 1. The first-order valence-electron chi connectivity index (χ1n) is 11.3. The summed E-state index contributed by atoms with van der Waals surface area (Å²) in [5.41, 5.74) is 0.974. The van der Waals surface area contributed by atoms with Crippen molar-refractivity contribution in [3.8, 4) is 17.2 Å². The largest absolute Gasteiger partial charge is 0.451 e. The van der Waals surface area contributed by atoms with Gasteiger partial charge in [-0.25, -0.2) is 32.2 Å². The van der Waals surface area contributed by atoms with E-state index < -0.39 is 63.5 Å². The Balaban J connectivity index is 1.56. The van der Waals surface area contributed by atoms with E-state index in [1.807, 2.05) is 6.07 Å². The number of hydrogen-bond acceptors (Lipinski definition) is 7. The Morgan fingerprint density at radius 2 is 1.82 bits per heavy atom. The van der Waals surface area contributed by atoms with Gasteiger partial charge >= 0.3 is 6.18 Å². The van der Waals surface area contributed by atoms with E-state index in [0.717, 1.165) is 24.5 Å². The number of carbonyl (C=O) groups excluding carboxylic acids is 1. The zero-order valence-electron chi connectivity index (χ0n) is 20.0. The van der Waals surface area contributed by atoms with Crippen LogP contribution < -0.4 is 5.32 Å². The van der Waals surface area contributed by atoms with Crippen molar-refractivity contribution in [1.29, 1.82) is 5.26 Å². The number of rotatable bonds is 6. The van der Waals surface area contributed by atoms with E-state index in [1.165, 1.54) is 25.1 Å². The quantitative estimate of drug-likeness (QED) is 0.453. The number of aromatic nitrogens is 3. The molecule has 204 valence electrons. The number of halogens is 5. The van der Waals surface area contributed by atoms with Crippen LogP contribution in [0.5, 0.6) is 0 Å². The summed E-state index contributed by atoms with van der Waals surface area (Å²) >= 11 is 0. The van der Waals surface area contributed by atoms with Crippen LogP contribution >= 0.6 is 0 Å². The Labute approximate surface area is 219 Å². The molecule has 1 N–H and O–H groups in total. The lowest BCUT2D eigenvalue weighted by Gasteiger charge is -2.26. The molecule has 0 spiro atoms. The Hall–Kier alpha value is -4.03. The van der Waals surface area contributed by atoms with Crippen molar-refractivity contribution in [3.63, 3.8) is 0 Å². The number of amides is 1. The third kappa shape index (κ3) is 5.71. The second kappa shape index (κ2) is 10.6. The SMILES string of the molecule is C[C@@H]1[C@H](F)C[C@H](C(=O)NCc2cc(-c3cnc(C(F)(F)F)nc3)ccc2C#N)N1S(=O)(=O)c1ccc(F)cn1. The highest BCUT2D eigenvalue weighted by Gasteiger charge is 2.49. The number of nitriles is 1. The minimum atomic E-state index is -4.72. The lowest BCUT2D eigenvalue weighted by Crippen LogP contribution is -2.48. The van der Waals surface area contributed by atoms with Crippen LogP contribution in [0, 0.1) is 17.1 Å². The van der Waals surface area contributed by atoms with E-state index in [0.29, 0.717) is 16.1 Å². The fraction of sp³-hybridized carbons (Fsp3) is 0.292. The summed E-state index contributed by atoms with van der Waals surface area (Å²) in [5, 5.41) is 11.4. The third-order valence-electron chi connectivity index (χ3n) is 6.14. The van der Waals surface area contributed by atoms with E-state index >= 15 is 0 Å². The van der Waals surface area contributed by atoms with Gasteiger partial charge in [0.15, 0.2) is 5.03 Å². The van der Waals surface area contributed by atoms with E-state index in [2.05, 4.69) is 20.3 Å². The minimum absolute atomic E-state index is 0.134. The summed E-state index contributed by atoms with van der Waals surface area (Å²) in [6.45, 7) is 1.02. The molecule has 0 unspecified atom stereocenters. The Morgan fingerprint density at radius 1 is 1.13 bits per heavy atom. The number of pyridine rings is 1. The molecule has 15 heteroatoms. The van der Waals surface area contributed by atoms with Crippen molar-refractivity contribution < 1.29 is 35.2 Å². The molecule has 0 saturated carbocycles. The van der Waals surface area contributed by atoms with Gasteiger partial charge in [-0.15, -0.1) is 0 Å². The second-order valence-corrected chi connectivity index (χ2v) is 10.4. The zero-order chi connectivity index (χ0) is 28.5. The third-order valence-corrected chi connectivity index (χ3v) is 8.05. The van der Waals surface area contributed by atoms with E-state index in [-0.39, 0.29) is 23.2 Å². The maximum atomic E-state index is 14.6. The molecule has 39 heavy (non-hydrogen) atoms. The molecule has 0 aliphatic carbocycles. The molecule has 3 heterocycles. The number of nitrogens with one attached hydrogen (secondary N) is 1. The average Bonchev–Trinajstić information content (AvgIpc) is 3.21. The molecule has 1 aliphatic rings. The molecular weight excluding hydrogens is 547 g/mol. The molecule has 9 nitrogen and oxygen atoms in total. The van der Waals surface area contributed by atoms with E-state index in [4.69, 9.17) is 0 Å². The molecular formula is C24H19F5N6O3S. The number of alkyl halides is 4. The Kier molecular flexibility index (Phi) is 7.62. The maximum absolute atomic E-state index is 14.6. The highest BCUT2D eigenvalue weighted by atomic mass is 32.2. The van der Waals surface area contributed by atoms with Crippen LogP contribution in [0.25, 0.3) is 11.1 Å². The van der Waals surface area contributed by atoms with E-state index in [1.54, 1.807) is 0 Å². The topological polar surface area (TPSA) is 129 Å². The summed E-state index contributed by atoms with van der Waals surface area (Å²) in [7, 11) is -4.48. The molecule has 3 aromatic rings. The fourth-order valence-corrected chi connectivity index (χ4v) is 5.87. The molecule has 0 bridgehead atoms. The van der Waals surface area contributed by atoms with Gasteiger partial charge in [0.05, 0.1) is 23.9 Å². The Bertz CT molecular complexity index is 1530. The van der Waals surface area contributed by atoms with Gasteiger partial charge in [0.2, 0.25) is 11.7 Å². The predicted octanol–water partition coefficient (Wildman–Crippen LogP) is 3.37. The number of nitrogens with zero attached hydrogens (tertiary/aromatic N) is 5. The van der Waals surface area contributed by atoms with Crippen LogP contribution in [-0.2, 0) is 27.5 Å². The Morgan fingerprint density at radius 3 is 2.41 bits per heavy atom. The van der Waals surface area contributed by atoms with Crippen LogP contribution in [0.15, 0.2) is 53.9 Å². The van der Waals surface area contributed by atoms with Gasteiger partial charge in [0.1, 0.15) is 18.0 Å². The van der Waals surface area contributed by atoms with Gasteiger partial charge in [0, 0.05) is 30.9 Å². The lowest BCUT2D eigenvalue weighted by atomic mass is 10.0. The number of benzene rings is 1. The van der Waals surface area contributed by atoms with Gasteiger partial charge in [0.25, 0.3) is 10.0 Å². The van der Waals surface area contributed by atoms with Crippen molar-refractivity contribution in [2.75, 3.05) is 0 Å². The fourth-order valence-electron chi connectivity index (χ4n) is 4.14. The van der Waals surface area contributed by atoms with Crippen molar-refractivity contribution in [1.82, 2.24) is 24.6 Å². The summed E-state index contributed by atoms with van der Waals surface area (Å²) in [4.78, 5) is 23.2. The first-order chi connectivity index (χ1) is 18.3. The van der Waals surface area contributed by atoms with Gasteiger partial charge in [-0.2, -0.15) is 22.7 Å². The minimum Gasteiger partial charge on any atom is -0.351 e. The van der Waals surface area contributed by atoms with Crippen molar-refractivity contribution in [2.24, 2.45) is 0 Å². The highest BCUT2D eigenvalue weighted by molar-refractivity contribution is 7.89. The molecule has 1 fully saturated rings. The van der Waals surface area contributed by atoms with Crippen LogP contribution in [0.2, 0.25) is 0 Å². The molecule has 2 aromatic heterocycles. The molecule has 1 aliphatic heterocycles. The van der Waals surface area contributed by atoms with Crippen molar-refractivity contribution in [3.05, 3.63) is 71.7 Å². The van der Waals surface area contributed by atoms with Gasteiger partial charge in [-0.1, -0.05) is 6.07 Å². The molecule has 1 aromatic carbocycles. The zero-order valence-corrected chi connectivity index (χ0v) is 20.8. The number of carbonyl (C=O) groups is 1. The summed E-state index contributed by atoms with van der Waals surface area (Å²) in [6.07, 6.45) is -4.22. The first-order valence-corrected chi connectivity index (χ1v) is 12.8. The second-order valence-electron chi connectivity index (χ2n) is 8.65. The van der Waals surface area contributed by atoms with E-state index in [9.17, 15) is 40.4 Å². The molecule has 0 radical (unpaired) electrons. The maximum Gasteiger partial charge on any atom is 0.451 e. The lowest BCUT2D eigenvalue weighted by molar-refractivity contribution is -0.145. The van der Waals surface area contributed by atoms with Crippen LogP contribution in [-0.4, -0.2) is 51.8 Å². The highest BCUT2D eigenvalue weighted by Crippen LogP contribution is 2.33. The van der Waals surface area contributed by atoms with Gasteiger partial charge < -0.3 is 5.32 Å². The number of sulfonamides is 1. The van der Waals surface area contributed by atoms with Crippen molar-refractivity contribution >= 4 is 15.9 Å². The van der Waals surface area contributed by atoms with Gasteiger partial charge in [-0.3, -0.25) is 4.79 Å². The van der Waals surface area contributed by atoms with Crippen LogP contribution in [0.1, 0.15) is 30.3 Å². The summed E-state index contributed by atoms with van der Waals surface area (Å²) < 4.78 is 93.2.